The maximum absolute atomic E-state index is 10.8. The standard InChI is InChI=1S/C23H28N2O5.ClH/c1-27-20-8-5-9-21(28-2)22(20)30-15-17(26)14-25-19-7-4-3-6-18(19)24-23(25)16-10-12-29-13-11-16;/h3-9,16-17,26H,10-15H2,1-2H3;1H. The van der Waals surface area contributed by atoms with Crippen molar-refractivity contribution in [2.45, 2.75) is 31.4 Å². The lowest BCUT2D eigenvalue weighted by Gasteiger charge is -2.24. The first-order valence-electron chi connectivity index (χ1n) is 10.3. The molecule has 1 aliphatic rings. The number of imidazole rings is 1. The number of ether oxygens (including phenoxy) is 4. The van der Waals surface area contributed by atoms with E-state index in [0.717, 1.165) is 42.9 Å². The summed E-state index contributed by atoms with van der Waals surface area (Å²) in [5.74, 6) is 2.96. The van der Waals surface area contributed by atoms with Gasteiger partial charge in [-0.3, -0.25) is 0 Å². The molecular formula is C23H29ClN2O5. The third-order valence-corrected chi connectivity index (χ3v) is 5.47. The van der Waals surface area contributed by atoms with Gasteiger partial charge in [-0.1, -0.05) is 18.2 Å². The number of halogens is 1. The van der Waals surface area contributed by atoms with E-state index in [1.165, 1.54) is 0 Å². The molecule has 7 nitrogen and oxygen atoms in total. The summed E-state index contributed by atoms with van der Waals surface area (Å²) in [7, 11) is 3.16. The Bertz CT molecular complexity index is 965. The SMILES string of the molecule is COc1cccc(OC)c1OCC(O)Cn1c(C2CCOCC2)nc2ccccc21.Cl. The maximum atomic E-state index is 10.8. The highest BCUT2D eigenvalue weighted by Gasteiger charge is 2.24. The minimum absolute atomic E-state index is 0. The highest BCUT2D eigenvalue weighted by Crippen LogP contribution is 2.37. The van der Waals surface area contributed by atoms with E-state index < -0.39 is 6.10 Å². The predicted molar refractivity (Wildman–Crippen MR) is 121 cm³/mol. The van der Waals surface area contributed by atoms with Gasteiger partial charge in [0.25, 0.3) is 0 Å². The summed E-state index contributed by atoms with van der Waals surface area (Å²) >= 11 is 0. The monoisotopic (exact) mass is 448 g/mol. The van der Waals surface area contributed by atoms with Crippen LogP contribution >= 0.6 is 12.4 Å². The highest BCUT2D eigenvalue weighted by atomic mass is 35.5. The molecular weight excluding hydrogens is 420 g/mol. The van der Waals surface area contributed by atoms with E-state index in [1.807, 2.05) is 30.3 Å². The second-order valence-electron chi connectivity index (χ2n) is 7.41. The zero-order valence-electron chi connectivity index (χ0n) is 17.8. The Balaban J connectivity index is 0.00000272. The van der Waals surface area contributed by atoms with E-state index in [4.69, 9.17) is 23.9 Å². The Hall–Kier alpha value is -2.48. The second-order valence-corrected chi connectivity index (χ2v) is 7.41. The van der Waals surface area contributed by atoms with Gasteiger partial charge in [-0.2, -0.15) is 0 Å². The number of aliphatic hydroxyl groups excluding tert-OH is 1. The molecule has 0 spiro atoms. The average molecular weight is 449 g/mol. The number of para-hydroxylation sites is 3. The van der Waals surface area contributed by atoms with Crippen LogP contribution in [0.5, 0.6) is 17.2 Å². The molecule has 0 saturated carbocycles. The number of rotatable bonds is 8. The quantitative estimate of drug-likeness (QED) is 0.564. The molecule has 168 valence electrons. The third kappa shape index (κ3) is 5.06. The van der Waals surface area contributed by atoms with Crippen molar-refractivity contribution in [3.8, 4) is 17.2 Å². The van der Waals surface area contributed by atoms with Gasteiger partial charge in [-0.05, 0) is 37.1 Å². The molecule has 2 heterocycles. The topological polar surface area (TPSA) is 75.0 Å². The predicted octanol–water partition coefficient (Wildman–Crippen LogP) is 3.81. The number of benzene rings is 2. The smallest absolute Gasteiger partial charge is 0.203 e. The van der Waals surface area contributed by atoms with Crippen molar-refractivity contribution < 1.29 is 24.1 Å². The van der Waals surface area contributed by atoms with E-state index in [-0.39, 0.29) is 19.0 Å². The molecule has 0 aliphatic carbocycles. The zero-order chi connectivity index (χ0) is 20.9. The summed E-state index contributed by atoms with van der Waals surface area (Å²) in [4.78, 5) is 4.88. The first-order valence-corrected chi connectivity index (χ1v) is 10.3. The summed E-state index contributed by atoms with van der Waals surface area (Å²) < 4.78 is 24.3. The van der Waals surface area contributed by atoms with E-state index in [0.29, 0.717) is 29.7 Å². The first kappa shape index (κ1) is 23.2. The molecule has 31 heavy (non-hydrogen) atoms. The summed E-state index contributed by atoms with van der Waals surface area (Å²) in [5.41, 5.74) is 1.96. The number of hydrogen-bond acceptors (Lipinski definition) is 6. The minimum atomic E-state index is -0.726. The van der Waals surface area contributed by atoms with Gasteiger partial charge in [-0.25, -0.2) is 4.98 Å². The molecule has 1 saturated heterocycles. The normalized spacial score (nSPS) is 15.3. The van der Waals surface area contributed by atoms with Crippen LogP contribution < -0.4 is 14.2 Å². The van der Waals surface area contributed by atoms with Crippen molar-refractivity contribution in [1.82, 2.24) is 9.55 Å². The van der Waals surface area contributed by atoms with Gasteiger partial charge >= 0.3 is 0 Å². The molecule has 3 aromatic rings. The van der Waals surface area contributed by atoms with Crippen molar-refractivity contribution in [2.24, 2.45) is 0 Å². The number of hydrogen-bond donors (Lipinski definition) is 1. The Morgan fingerprint density at radius 3 is 2.42 bits per heavy atom. The zero-order valence-corrected chi connectivity index (χ0v) is 18.6. The van der Waals surface area contributed by atoms with E-state index in [2.05, 4.69) is 4.57 Å². The van der Waals surface area contributed by atoms with Crippen LogP contribution in [0.4, 0.5) is 0 Å². The van der Waals surface area contributed by atoms with E-state index >= 15 is 0 Å². The molecule has 8 heteroatoms. The molecule has 0 amide bonds. The summed E-state index contributed by atoms with van der Waals surface area (Å²) in [6.45, 7) is 1.99. The fourth-order valence-electron chi connectivity index (χ4n) is 3.96. The first-order chi connectivity index (χ1) is 14.7. The Kier molecular flexibility index (Phi) is 8.01. The molecule has 0 bridgehead atoms. The lowest BCUT2D eigenvalue weighted by atomic mass is 9.99. The largest absolute Gasteiger partial charge is 0.493 e. The fraction of sp³-hybridized carbons (Fsp3) is 0.435. The van der Waals surface area contributed by atoms with Crippen LogP contribution in [0, 0.1) is 0 Å². The average Bonchev–Trinajstić information content (AvgIpc) is 3.16. The molecule has 1 fully saturated rings. The molecule has 4 rings (SSSR count). The molecule has 1 aliphatic heterocycles. The molecule has 1 aromatic heterocycles. The van der Waals surface area contributed by atoms with Gasteiger partial charge in [0, 0.05) is 19.1 Å². The van der Waals surface area contributed by atoms with Gasteiger partial charge in [0.2, 0.25) is 5.75 Å². The third-order valence-electron chi connectivity index (χ3n) is 5.47. The van der Waals surface area contributed by atoms with E-state index in [9.17, 15) is 5.11 Å². The molecule has 1 unspecified atom stereocenters. The summed E-state index contributed by atoms with van der Waals surface area (Å²) in [6.07, 6.45) is 1.15. The van der Waals surface area contributed by atoms with E-state index in [1.54, 1.807) is 26.4 Å². The van der Waals surface area contributed by atoms with Crippen LogP contribution in [0.15, 0.2) is 42.5 Å². The molecule has 0 radical (unpaired) electrons. The lowest BCUT2D eigenvalue weighted by molar-refractivity contribution is 0.0773. The number of aromatic nitrogens is 2. The van der Waals surface area contributed by atoms with Gasteiger partial charge < -0.3 is 28.6 Å². The number of aliphatic hydroxyl groups is 1. The van der Waals surface area contributed by atoms with Crippen LogP contribution in [0.3, 0.4) is 0 Å². The number of fused-ring (bicyclic) bond motifs is 1. The van der Waals surface area contributed by atoms with Crippen LogP contribution in [0.25, 0.3) is 11.0 Å². The minimum Gasteiger partial charge on any atom is -0.493 e. The Morgan fingerprint density at radius 1 is 1.06 bits per heavy atom. The van der Waals surface area contributed by atoms with Crippen molar-refractivity contribution in [2.75, 3.05) is 34.0 Å². The molecule has 2 aromatic carbocycles. The van der Waals surface area contributed by atoms with Crippen molar-refractivity contribution in [3.63, 3.8) is 0 Å². The second kappa shape index (κ2) is 10.7. The van der Waals surface area contributed by atoms with Crippen molar-refractivity contribution in [3.05, 3.63) is 48.3 Å². The van der Waals surface area contributed by atoms with Gasteiger partial charge in [0.1, 0.15) is 18.5 Å². The maximum Gasteiger partial charge on any atom is 0.203 e. The van der Waals surface area contributed by atoms with Crippen LogP contribution in [0.1, 0.15) is 24.6 Å². The van der Waals surface area contributed by atoms with Crippen LogP contribution in [0.2, 0.25) is 0 Å². The Labute approximate surface area is 188 Å². The lowest BCUT2D eigenvalue weighted by Crippen LogP contribution is -2.26. The summed E-state index contributed by atoms with van der Waals surface area (Å²) in [5, 5.41) is 10.8. The van der Waals surface area contributed by atoms with Crippen molar-refractivity contribution >= 4 is 23.4 Å². The Morgan fingerprint density at radius 2 is 1.74 bits per heavy atom. The summed E-state index contributed by atoms with van der Waals surface area (Å²) in [6, 6.07) is 13.5. The van der Waals surface area contributed by atoms with Gasteiger partial charge in [-0.15, -0.1) is 12.4 Å². The van der Waals surface area contributed by atoms with Gasteiger partial charge in [0.15, 0.2) is 11.5 Å². The fourth-order valence-corrected chi connectivity index (χ4v) is 3.96. The van der Waals surface area contributed by atoms with Gasteiger partial charge in [0.05, 0.1) is 31.8 Å². The van der Waals surface area contributed by atoms with Crippen molar-refractivity contribution in [1.29, 1.82) is 0 Å². The highest BCUT2D eigenvalue weighted by molar-refractivity contribution is 5.85. The number of nitrogens with zero attached hydrogens (tertiary/aromatic N) is 2. The van der Waals surface area contributed by atoms with Crippen LogP contribution in [-0.2, 0) is 11.3 Å². The number of methoxy groups -OCH3 is 2. The van der Waals surface area contributed by atoms with Crippen LogP contribution in [-0.4, -0.2) is 54.8 Å². The molecule has 1 N–H and O–H groups in total. The molecule has 1 atom stereocenters.